The minimum Gasteiger partial charge on any atom is -0.207 e. The molecule has 3 saturated carbocycles. The lowest BCUT2D eigenvalue weighted by molar-refractivity contribution is 0.0672. The third kappa shape index (κ3) is 4.55. The number of benzene rings is 1. The Morgan fingerprint density at radius 2 is 1.54 bits per heavy atom. The minimum atomic E-state index is -0.00803. The summed E-state index contributed by atoms with van der Waals surface area (Å²) >= 11 is 0. The lowest BCUT2D eigenvalue weighted by Crippen LogP contribution is -2.34. The van der Waals surface area contributed by atoms with Gasteiger partial charge in [0.2, 0.25) is 0 Å². The van der Waals surface area contributed by atoms with Gasteiger partial charge in [-0.1, -0.05) is 31.6 Å². The smallest absolute Gasteiger partial charge is 0.126 e. The van der Waals surface area contributed by atoms with E-state index in [1.165, 1.54) is 69.8 Å². The van der Waals surface area contributed by atoms with Gasteiger partial charge in [-0.15, -0.1) is 6.58 Å². The van der Waals surface area contributed by atoms with Gasteiger partial charge < -0.3 is 0 Å². The van der Waals surface area contributed by atoms with Gasteiger partial charge in [0.05, 0.1) is 0 Å². The first-order valence-electron chi connectivity index (χ1n) is 12.0. The molecule has 3 aliphatic carbocycles. The highest BCUT2D eigenvalue weighted by atomic mass is 19.1. The molecule has 4 rings (SSSR count). The second-order valence-corrected chi connectivity index (χ2v) is 10.3. The summed E-state index contributed by atoms with van der Waals surface area (Å²) in [5.41, 5.74) is 2.08. The van der Waals surface area contributed by atoms with Gasteiger partial charge in [-0.05, 0) is 123 Å². The Kier molecular flexibility index (Phi) is 6.59. The van der Waals surface area contributed by atoms with E-state index in [4.69, 9.17) is 0 Å². The van der Waals surface area contributed by atoms with Crippen LogP contribution in [0, 0.1) is 35.4 Å². The van der Waals surface area contributed by atoms with Crippen molar-refractivity contribution in [2.24, 2.45) is 29.6 Å². The average molecular weight is 383 g/mol. The zero-order chi connectivity index (χ0) is 19.5. The van der Waals surface area contributed by atoms with Crippen LogP contribution in [0.25, 0.3) is 0 Å². The monoisotopic (exact) mass is 382 g/mol. The normalized spacial score (nSPS) is 35.9. The zero-order valence-electron chi connectivity index (χ0n) is 17.8. The number of allylic oxidation sites excluding steroid dienone is 1. The first kappa shape index (κ1) is 20.2. The van der Waals surface area contributed by atoms with Gasteiger partial charge in [-0.3, -0.25) is 0 Å². The highest BCUT2D eigenvalue weighted by Crippen LogP contribution is 2.49. The molecule has 0 N–H and O–H groups in total. The van der Waals surface area contributed by atoms with Crippen molar-refractivity contribution in [3.63, 3.8) is 0 Å². The van der Waals surface area contributed by atoms with Gasteiger partial charge in [0.1, 0.15) is 5.82 Å². The molecule has 4 unspecified atom stereocenters. The average Bonchev–Trinajstić information content (AvgIpc) is 2.72. The second-order valence-electron chi connectivity index (χ2n) is 10.3. The summed E-state index contributed by atoms with van der Waals surface area (Å²) in [6.45, 7) is 6.20. The maximum Gasteiger partial charge on any atom is 0.126 e. The molecule has 0 radical (unpaired) electrons. The van der Waals surface area contributed by atoms with Crippen LogP contribution in [0.5, 0.6) is 0 Å². The number of rotatable bonds is 5. The summed E-state index contributed by atoms with van der Waals surface area (Å²) in [6.07, 6.45) is 17.7. The molecule has 154 valence electrons. The molecular formula is C27H39F. The van der Waals surface area contributed by atoms with Crippen LogP contribution in [0.2, 0.25) is 0 Å². The molecule has 3 fully saturated rings. The van der Waals surface area contributed by atoms with Crippen LogP contribution >= 0.6 is 0 Å². The highest BCUT2D eigenvalue weighted by Gasteiger charge is 2.38. The van der Waals surface area contributed by atoms with E-state index in [0.29, 0.717) is 5.92 Å². The lowest BCUT2D eigenvalue weighted by Gasteiger charge is -2.45. The quantitative estimate of drug-likeness (QED) is 0.452. The number of aryl methyl sites for hydroxylation is 1. The molecule has 0 bridgehead atoms. The molecule has 0 saturated heterocycles. The van der Waals surface area contributed by atoms with E-state index in [-0.39, 0.29) is 5.82 Å². The fraction of sp³-hybridized carbons (Fsp3) is 0.704. The lowest BCUT2D eigenvalue weighted by atomic mass is 9.61. The molecule has 0 aliphatic heterocycles. The molecule has 0 aromatic heterocycles. The van der Waals surface area contributed by atoms with Crippen molar-refractivity contribution >= 4 is 0 Å². The molecule has 0 heterocycles. The molecule has 1 aromatic rings. The van der Waals surface area contributed by atoms with Gasteiger partial charge >= 0.3 is 0 Å². The first-order chi connectivity index (χ1) is 13.6. The summed E-state index contributed by atoms with van der Waals surface area (Å²) < 4.78 is 14.4. The predicted octanol–water partition coefficient (Wildman–Crippen LogP) is 8.07. The van der Waals surface area contributed by atoms with E-state index >= 15 is 0 Å². The van der Waals surface area contributed by atoms with Crippen LogP contribution in [0.15, 0.2) is 30.9 Å². The van der Waals surface area contributed by atoms with Gasteiger partial charge in [0, 0.05) is 0 Å². The molecule has 1 heteroatoms. The van der Waals surface area contributed by atoms with Crippen LogP contribution in [-0.4, -0.2) is 0 Å². The molecular weight excluding hydrogens is 343 g/mol. The van der Waals surface area contributed by atoms with Crippen molar-refractivity contribution < 1.29 is 4.39 Å². The fourth-order valence-electron chi connectivity index (χ4n) is 6.79. The number of fused-ring (bicyclic) bond motifs is 1. The van der Waals surface area contributed by atoms with Crippen molar-refractivity contribution in [1.29, 1.82) is 0 Å². The topological polar surface area (TPSA) is 0 Å². The predicted molar refractivity (Wildman–Crippen MR) is 117 cm³/mol. The minimum absolute atomic E-state index is 0.00803. The van der Waals surface area contributed by atoms with Gasteiger partial charge in [0.15, 0.2) is 0 Å². The maximum absolute atomic E-state index is 14.4. The largest absolute Gasteiger partial charge is 0.207 e. The van der Waals surface area contributed by atoms with E-state index in [1.807, 2.05) is 18.2 Å². The van der Waals surface area contributed by atoms with Gasteiger partial charge in [-0.25, -0.2) is 4.39 Å². The van der Waals surface area contributed by atoms with Crippen molar-refractivity contribution in [2.75, 3.05) is 0 Å². The molecule has 1 aromatic carbocycles. The van der Waals surface area contributed by atoms with Crippen molar-refractivity contribution in [1.82, 2.24) is 0 Å². The molecule has 3 aliphatic rings. The van der Waals surface area contributed by atoms with Crippen LogP contribution < -0.4 is 0 Å². The molecule has 0 spiro atoms. The number of hydrogen-bond acceptors (Lipinski definition) is 0. The second kappa shape index (κ2) is 9.14. The molecule has 4 atom stereocenters. The summed E-state index contributed by atoms with van der Waals surface area (Å²) in [5.74, 6) is 5.53. The van der Waals surface area contributed by atoms with Crippen molar-refractivity contribution in [3.8, 4) is 0 Å². The van der Waals surface area contributed by atoms with E-state index < -0.39 is 0 Å². The zero-order valence-corrected chi connectivity index (χ0v) is 17.8. The Bertz CT molecular complexity index is 654. The molecule has 0 nitrogen and oxygen atoms in total. The Balaban J connectivity index is 1.30. The number of halogens is 1. The summed E-state index contributed by atoms with van der Waals surface area (Å²) in [7, 11) is 0. The Morgan fingerprint density at radius 3 is 2.25 bits per heavy atom. The fourth-order valence-corrected chi connectivity index (χ4v) is 6.79. The van der Waals surface area contributed by atoms with Crippen LogP contribution in [0.4, 0.5) is 4.39 Å². The third-order valence-electron chi connectivity index (χ3n) is 8.52. The first-order valence-corrected chi connectivity index (χ1v) is 12.0. The van der Waals surface area contributed by atoms with Crippen LogP contribution in [0.3, 0.4) is 0 Å². The maximum atomic E-state index is 14.4. The van der Waals surface area contributed by atoms with E-state index in [9.17, 15) is 4.39 Å². The van der Waals surface area contributed by atoms with Crippen molar-refractivity contribution in [3.05, 3.63) is 47.8 Å². The third-order valence-corrected chi connectivity index (χ3v) is 8.52. The summed E-state index contributed by atoms with van der Waals surface area (Å²) in [6, 6.07) is 6.05. The molecule has 0 amide bonds. The Hall–Kier alpha value is -1.11. The van der Waals surface area contributed by atoms with E-state index in [0.717, 1.165) is 48.0 Å². The van der Waals surface area contributed by atoms with Gasteiger partial charge in [0.25, 0.3) is 0 Å². The Morgan fingerprint density at radius 1 is 0.893 bits per heavy atom. The SMILES string of the molecule is C=CCCc1ccc(C2CCC(C3CCC4CC(C)CCC4C3)CC2)cc1F. The Labute approximate surface area is 172 Å². The van der Waals surface area contributed by atoms with Crippen LogP contribution in [0.1, 0.15) is 94.6 Å². The van der Waals surface area contributed by atoms with E-state index in [1.54, 1.807) is 0 Å². The van der Waals surface area contributed by atoms with Crippen LogP contribution in [-0.2, 0) is 6.42 Å². The number of hydrogen-bond donors (Lipinski definition) is 0. The van der Waals surface area contributed by atoms with Crippen molar-refractivity contribution in [2.45, 2.75) is 89.9 Å². The highest BCUT2D eigenvalue weighted by molar-refractivity contribution is 5.27. The van der Waals surface area contributed by atoms with Gasteiger partial charge in [-0.2, -0.15) is 0 Å². The summed E-state index contributed by atoms with van der Waals surface area (Å²) in [4.78, 5) is 0. The standard InChI is InChI=1S/C27H39F/c1-3-4-5-22-12-13-26(18-27(22)28)21-10-8-20(9-11-21)24-15-14-23-16-19(2)6-7-25(23)17-24/h3,12-13,18-21,23-25H,1,4-11,14-17H2,2H3. The van der Waals surface area contributed by atoms with E-state index in [2.05, 4.69) is 19.6 Å². The molecule has 28 heavy (non-hydrogen) atoms. The summed E-state index contributed by atoms with van der Waals surface area (Å²) in [5, 5.41) is 0.